The second kappa shape index (κ2) is 7.24. The Labute approximate surface area is 164 Å². The van der Waals surface area contributed by atoms with E-state index in [1.165, 1.54) is 12.8 Å². The molecule has 2 aliphatic rings. The molecule has 0 aliphatic carbocycles. The van der Waals surface area contributed by atoms with Gasteiger partial charge in [0.15, 0.2) is 0 Å². The number of carbonyl (C=O) groups excluding carboxylic acids is 1. The molecule has 5 nitrogen and oxygen atoms in total. The first-order valence-corrected chi connectivity index (χ1v) is 9.92. The second-order valence-corrected chi connectivity index (χ2v) is 7.60. The van der Waals surface area contributed by atoms with Gasteiger partial charge < -0.3 is 15.4 Å². The Morgan fingerprint density at radius 2 is 1.89 bits per heavy atom. The Kier molecular flexibility index (Phi) is 4.45. The number of hydrogen-bond donors (Lipinski definition) is 2. The summed E-state index contributed by atoms with van der Waals surface area (Å²) in [5.74, 6) is 1.13. The van der Waals surface area contributed by atoms with Crippen molar-refractivity contribution in [3.8, 4) is 5.75 Å². The molecule has 28 heavy (non-hydrogen) atoms. The van der Waals surface area contributed by atoms with E-state index in [0.29, 0.717) is 5.92 Å². The third-order valence-corrected chi connectivity index (χ3v) is 5.71. The van der Waals surface area contributed by atoms with Crippen LogP contribution in [0.1, 0.15) is 30.0 Å². The molecule has 0 saturated carbocycles. The Hall–Kier alpha value is -2.92. The van der Waals surface area contributed by atoms with Crippen LogP contribution in [-0.4, -0.2) is 30.6 Å². The van der Waals surface area contributed by atoms with Crippen LogP contribution in [0.4, 0.5) is 5.69 Å². The van der Waals surface area contributed by atoms with Crippen molar-refractivity contribution in [1.29, 1.82) is 0 Å². The van der Waals surface area contributed by atoms with Gasteiger partial charge in [0.2, 0.25) is 5.91 Å². The fourth-order valence-electron chi connectivity index (χ4n) is 4.13. The maximum atomic E-state index is 12.5. The summed E-state index contributed by atoms with van der Waals surface area (Å²) in [5.41, 5.74) is 3.52. The van der Waals surface area contributed by atoms with Gasteiger partial charge in [-0.05, 0) is 67.7 Å². The van der Waals surface area contributed by atoms with E-state index < -0.39 is 0 Å². The van der Waals surface area contributed by atoms with Gasteiger partial charge in [0.05, 0.1) is 17.8 Å². The van der Waals surface area contributed by atoms with E-state index in [1.807, 2.05) is 54.6 Å². The molecule has 1 aromatic heterocycles. The monoisotopic (exact) mass is 373 g/mol. The Morgan fingerprint density at radius 1 is 1.04 bits per heavy atom. The van der Waals surface area contributed by atoms with Gasteiger partial charge >= 0.3 is 0 Å². The molecule has 5 heteroatoms. The number of nitrogens with one attached hydrogen (secondary N) is 2. The maximum Gasteiger partial charge on any atom is 0.238 e. The first-order chi connectivity index (χ1) is 13.8. The van der Waals surface area contributed by atoms with Gasteiger partial charge in [-0.25, -0.2) is 0 Å². The van der Waals surface area contributed by atoms with Crippen LogP contribution >= 0.6 is 0 Å². The van der Waals surface area contributed by atoms with E-state index in [4.69, 9.17) is 9.72 Å². The molecule has 0 radical (unpaired) electrons. The van der Waals surface area contributed by atoms with E-state index in [0.717, 1.165) is 53.3 Å². The quantitative estimate of drug-likeness (QED) is 0.732. The number of piperidine rings is 1. The third-order valence-electron chi connectivity index (χ3n) is 5.71. The Balaban J connectivity index is 1.38. The average molecular weight is 373 g/mol. The van der Waals surface area contributed by atoms with Crippen molar-refractivity contribution in [2.45, 2.75) is 18.8 Å². The smallest absolute Gasteiger partial charge is 0.238 e. The molecule has 1 unspecified atom stereocenters. The summed E-state index contributed by atoms with van der Waals surface area (Å²) in [5, 5.41) is 7.36. The summed E-state index contributed by atoms with van der Waals surface area (Å²) >= 11 is 0. The Morgan fingerprint density at radius 3 is 2.79 bits per heavy atom. The van der Waals surface area contributed by atoms with E-state index in [-0.39, 0.29) is 11.8 Å². The van der Waals surface area contributed by atoms with Gasteiger partial charge in [-0.2, -0.15) is 0 Å². The van der Waals surface area contributed by atoms with Crippen LogP contribution in [0, 0.1) is 5.92 Å². The van der Waals surface area contributed by atoms with Crippen LogP contribution in [0.5, 0.6) is 5.75 Å². The number of aromatic nitrogens is 1. The molecule has 2 aliphatic heterocycles. The number of nitrogens with zero attached hydrogens (tertiary/aromatic N) is 1. The first kappa shape index (κ1) is 17.2. The van der Waals surface area contributed by atoms with Gasteiger partial charge in [-0.1, -0.05) is 24.3 Å². The van der Waals surface area contributed by atoms with Gasteiger partial charge in [-0.3, -0.25) is 9.78 Å². The summed E-state index contributed by atoms with van der Waals surface area (Å²) in [7, 11) is 0. The van der Waals surface area contributed by atoms with E-state index >= 15 is 0 Å². The maximum absolute atomic E-state index is 12.5. The summed E-state index contributed by atoms with van der Waals surface area (Å²) in [6.45, 7) is 2.92. The molecule has 0 bridgehead atoms. The number of amides is 1. The van der Waals surface area contributed by atoms with Crippen molar-refractivity contribution in [2.24, 2.45) is 5.92 Å². The number of pyridine rings is 1. The molecule has 142 valence electrons. The fourth-order valence-corrected chi connectivity index (χ4v) is 4.13. The molecule has 3 aromatic rings. The number of ether oxygens (including phenoxy) is 1. The summed E-state index contributed by atoms with van der Waals surface area (Å²) in [6, 6.07) is 17.8. The van der Waals surface area contributed by atoms with Crippen LogP contribution < -0.4 is 15.4 Å². The van der Waals surface area contributed by atoms with Crippen molar-refractivity contribution >= 4 is 22.5 Å². The lowest BCUT2D eigenvalue weighted by Crippen LogP contribution is -2.30. The van der Waals surface area contributed by atoms with E-state index in [2.05, 4.69) is 10.6 Å². The number of fused-ring (bicyclic) bond motifs is 2. The average Bonchev–Trinajstić information content (AvgIpc) is 3.08. The standard InChI is InChI=1S/C23H23N3O2/c27-23-22(18-3-1-2-4-20(18)26-23)21-7-5-16-13-17(6-8-19(16)25-21)28-14-15-9-11-24-12-10-15/h1-8,13,15,22,24H,9-12,14H2,(H,26,27). The lowest BCUT2D eigenvalue weighted by Gasteiger charge is -2.22. The van der Waals surface area contributed by atoms with Crippen LogP contribution in [-0.2, 0) is 4.79 Å². The molecule has 2 N–H and O–H groups in total. The molecule has 2 aromatic carbocycles. The van der Waals surface area contributed by atoms with Crippen LogP contribution in [0.3, 0.4) is 0 Å². The first-order valence-electron chi connectivity index (χ1n) is 9.92. The predicted molar refractivity (Wildman–Crippen MR) is 110 cm³/mol. The van der Waals surface area contributed by atoms with Crippen molar-refractivity contribution in [1.82, 2.24) is 10.3 Å². The lowest BCUT2D eigenvalue weighted by atomic mass is 9.96. The lowest BCUT2D eigenvalue weighted by molar-refractivity contribution is -0.116. The molecule has 1 amide bonds. The molecule has 5 rings (SSSR count). The number of benzene rings is 2. The van der Waals surface area contributed by atoms with Crippen molar-refractivity contribution < 1.29 is 9.53 Å². The zero-order valence-corrected chi connectivity index (χ0v) is 15.7. The zero-order valence-electron chi connectivity index (χ0n) is 15.7. The molecular weight excluding hydrogens is 350 g/mol. The van der Waals surface area contributed by atoms with Gasteiger partial charge in [0.25, 0.3) is 0 Å². The SMILES string of the molecule is O=C1Nc2ccccc2C1c1ccc2cc(OCC3CCNCC3)ccc2n1. The van der Waals surface area contributed by atoms with E-state index in [9.17, 15) is 4.79 Å². The van der Waals surface area contributed by atoms with E-state index in [1.54, 1.807) is 0 Å². The second-order valence-electron chi connectivity index (χ2n) is 7.60. The van der Waals surface area contributed by atoms with Gasteiger partial charge in [0.1, 0.15) is 11.7 Å². The highest BCUT2D eigenvalue weighted by Gasteiger charge is 2.32. The highest BCUT2D eigenvalue weighted by molar-refractivity contribution is 6.05. The number of hydrogen-bond acceptors (Lipinski definition) is 4. The van der Waals surface area contributed by atoms with Crippen LogP contribution in [0.2, 0.25) is 0 Å². The largest absolute Gasteiger partial charge is 0.493 e. The highest BCUT2D eigenvalue weighted by atomic mass is 16.5. The number of rotatable bonds is 4. The van der Waals surface area contributed by atoms with Gasteiger partial charge in [-0.15, -0.1) is 0 Å². The summed E-state index contributed by atoms with van der Waals surface area (Å²) in [4.78, 5) is 17.3. The predicted octanol–water partition coefficient (Wildman–Crippen LogP) is 3.70. The molecule has 1 fully saturated rings. The van der Waals surface area contributed by atoms with Crippen LogP contribution in [0.25, 0.3) is 10.9 Å². The minimum absolute atomic E-state index is 0.0185. The highest BCUT2D eigenvalue weighted by Crippen LogP contribution is 2.36. The number of anilines is 1. The zero-order chi connectivity index (χ0) is 18.9. The Bertz CT molecular complexity index is 1030. The van der Waals surface area contributed by atoms with Crippen molar-refractivity contribution in [3.63, 3.8) is 0 Å². The molecule has 0 spiro atoms. The third kappa shape index (κ3) is 3.22. The minimum Gasteiger partial charge on any atom is -0.493 e. The van der Waals surface area contributed by atoms with Crippen molar-refractivity contribution in [3.05, 3.63) is 65.9 Å². The molecular formula is C23H23N3O2. The van der Waals surface area contributed by atoms with Crippen molar-refractivity contribution in [2.75, 3.05) is 25.0 Å². The van der Waals surface area contributed by atoms with Crippen LogP contribution in [0.15, 0.2) is 54.6 Å². The minimum atomic E-state index is -0.351. The van der Waals surface area contributed by atoms with Gasteiger partial charge in [0, 0.05) is 11.1 Å². The number of para-hydroxylation sites is 1. The summed E-state index contributed by atoms with van der Waals surface area (Å²) < 4.78 is 6.03. The number of carbonyl (C=O) groups is 1. The molecule has 3 heterocycles. The molecule has 1 saturated heterocycles. The molecule has 1 atom stereocenters. The normalized spacial score (nSPS) is 19.4. The fraction of sp³-hybridized carbons (Fsp3) is 0.304. The summed E-state index contributed by atoms with van der Waals surface area (Å²) in [6.07, 6.45) is 2.34. The topological polar surface area (TPSA) is 63.2 Å².